The van der Waals surface area contributed by atoms with Gasteiger partial charge in [-0.2, -0.15) is 0 Å². The van der Waals surface area contributed by atoms with E-state index in [-0.39, 0.29) is 11.3 Å². The Balaban J connectivity index is 2.00. The summed E-state index contributed by atoms with van der Waals surface area (Å²) in [5, 5.41) is 3.30. The predicted molar refractivity (Wildman–Crippen MR) is 101 cm³/mol. The molecule has 0 unspecified atom stereocenters. The van der Waals surface area contributed by atoms with E-state index < -0.39 is 11.9 Å². The van der Waals surface area contributed by atoms with Gasteiger partial charge in [-0.25, -0.2) is 0 Å². The summed E-state index contributed by atoms with van der Waals surface area (Å²) >= 11 is 0. The zero-order valence-electron chi connectivity index (χ0n) is 15.1. The van der Waals surface area contributed by atoms with Crippen LogP contribution in [0.1, 0.15) is 17.3 Å². The van der Waals surface area contributed by atoms with Crippen LogP contribution in [0.5, 0.6) is 17.2 Å². The normalized spacial score (nSPS) is 10.3. The summed E-state index contributed by atoms with van der Waals surface area (Å²) in [6.45, 7) is 1.28. The highest BCUT2D eigenvalue weighted by molar-refractivity contribution is 6.09. The number of benzene rings is 2. The maximum absolute atomic E-state index is 12.7. The molecule has 1 amide bonds. The summed E-state index contributed by atoms with van der Waals surface area (Å²) in [6, 6.07) is 12.0. The molecule has 0 radical (unpaired) electrons. The standard InChI is InChI=1S/C20H18N2O5/c1-12(23)27-19-16-9-8-15(26-3)10-18(16)21-11-17(19)20(24)22-13-4-6-14(25-2)7-5-13/h4-11H,1-3H3,(H,22,24). The van der Waals surface area contributed by atoms with E-state index in [1.807, 2.05) is 0 Å². The van der Waals surface area contributed by atoms with Crippen LogP contribution in [0.25, 0.3) is 10.9 Å². The zero-order chi connectivity index (χ0) is 19.4. The lowest BCUT2D eigenvalue weighted by Gasteiger charge is -2.13. The van der Waals surface area contributed by atoms with Crippen molar-refractivity contribution < 1.29 is 23.8 Å². The molecule has 2 aromatic carbocycles. The van der Waals surface area contributed by atoms with Crippen LogP contribution in [0.4, 0.5) is 5.69 Å². The Labute approximate surface area is 155 Å². The lowest BCUT2D eigenvalue weighted by Crippen LogP contribution is -2.15. The van der Waals surface area contributed by atoms with Gasteiger partial charge in [0.05, 0.1) is 19.7 Å². The number of nitrogens with zero attached hydrogens (tertiary/aromatic N) is 1. The monoisotopic (exact) mass is 366 g/mol. The van der Waals surface area contributed by atoms with E-state index in [4.69, 9.17) is 14.2 Å². The predicted octanol–water partition coefficient (Wildman–Crippen LogP) is 3.43. The van der Waals surface area contributed by atoms with Crippen LogP contribution in [-0.4, -0.2) is 31.1 Å². The van der Waals surface area contributed by atoms with Gasteiger partial charge >= 0.3 is 5.97 Å². The van der Waals surface area contributed by atoms with Crippen LogP contribution in [-0.2, 0) is 4.79 Å². The van der Waals surface area contributed by atoms with Crippen LogP contribution < -0.4 is 19.5 Å². The van der Waals surface area contributed by atoms with Crippen molar-refractivity contribution in [1.29, 1.82) is 0 Å². The summed E-state index contributed by atoms with van der Waals surface area (Å²) in [5.74, 6) is 0.466. The summed E-state index contributed by atoms with van der Waals surface area (Å²) in [5.41, 5.74) is 1.27. The van der Waals surface area contributed by atoms with E-state index >= 15 is 0 Å². The van der Waals surface area contributed by atoms with E-state index in [9.17, 15) is 9.59 Å². The molecule has 1 N–H and O–H groups in total. The topological polar surface area (TPSA) is 86.8 Å². The van der Waals surface area contributed by atoms with Gasteiger partial charge in [0.1, 0.15) is 17.1 Å². The van der Waals surface area contributed by atoms with Gasteiger partial charge in [0.15, 0.2) is 5.75 Å². The number of hydrogen-bond acceptors (Lipinski definition) is 6. The molecule has 0 atom stereocenters. The Morgan fingerprint density at radius 1 is 0.963 bits per heavy atom. The maximum atomic E-state index is 12.7. The highest BCUT2D eigenvalue weighted by Crippen LogP contribution is 2.31. The average molecular weight is 366 g/mol. The minimum Gasteiger partial charge on any atom is -0.497 e. The van der Waals surface area contributed by atoms with Crippen molar-refractivity contribution in [3.63, 3.8) is 0 Å². The summed E-state index contributed by atoms with van der Waals surface area (Å²) in [4.78, 5) is 28.6. The lowest BCUT2D eigenvalue weighted by molar-refractivity contribution is -0.131. The molecule has 7 heteroatoms. The van der Waals surface area contributed by atoms with Crippen molar-refractivity contribution >= 4 is 28.5 Å². The molecule has 0 aliphatic carbocycles. The Morgan fingerprint density at radius 3 is 2.26 bits per heavy atom. The first-order valence-corrected chi connectivity index (χ1v) is 8.12. The quantitative estimate of drug-likeness (QED) is 0.696. The number of aromatic nitrogens is 1. The number of esters is 1. The number of rotatable bonds is 5. The van der Waals surface area contributed by atoms with Crippen LogP contribution in [0.3, 0.4) is 0 Å². The third kappa shape index (κ3) is 3.98. The molecule has 0 saturated heterocycles. The second-order valence-electron chi connectivity index (χ2n) is 5.66. The third-order valence-electron chi connectivity index (χ3n) is 3.87. The van der Waals surface area contributed by atoms with Crippen molar-refractivity contribution in [2.75, 3.05) is 19.5 Å². The smallest absolute Gasteiger partial charge is 0.308 e. The molecular weight excluding hydrogens is 348 g/mol. The molecule has 0 aliphatic rings. The number of fused-ring (bicyclic) bond motifs is 1. The molecule has 0 spiro atoms. The highest BCUT2D eigenvalue weighted by Gasteiger charge is 2.19. The Bertz CT molecular complexity index is 999. The van der Waals surface area contributed by atoms with Gasteiger partial charge in [-0.15, -0.1) is 0 Å². The van der Waals surface area contributed by atoms with Gasteiger partial charge in [0.25, 0.3) is 5.91 Å². The SMILES string of the molecule is COc1ccc(NC(=O)c2cnc3cc(OC)ccc3c2OC(C)=O)cc1. The van der Waals surface area contributed by atoms with Crippen molar-refractivity contribution in [2.45, 2.75) is 6.92 Å². The highest BCUT2D eigenvalue weighted by atomic mass is 16.5. The molecular formula is C20H18N2O5. The fourth-order valence-corrected chi connectivity index (χ4v) is 2.56. The molecule has 0 saturated carbocycles. The van der Waals surface area contributed by atoms with Crippen LogP contribution in [0, 0.1) is 0 Å². The first-order valence-electron chi connectivity index (χ1n) is 8.12. The number of amides is 1. The third-order valence-corrected chi connectivity index (χ3v) is 3.87. The Morgan fingerprint density at radius 2 is 1.63 bits per heavy atom. The second kappa shape index (κ2) is 7.74. The van der Waals surface area contributed by atoms with E-state index in [1.54, 1.807) is 56.7 Å². The molecule has 1 aromatic heterocycles. The van der Waals surface area contributed by atoms with Crippen LogP contribution in [0.15, 0.2) is 48.7 Å². The number of pyridine rings is 1. The first kappa shape index (κ1) is 18.2. The molecule has 0 bridgehead atoms. The summed E-state index contributed by atoms with van der Waals surface area (Å²) in [6.07, 6.45) is 1.37. The van der Waals surface area contributed by atoms with Crippen LogP contribution in [0.2, 0.25) is 0 Å². The molecule has 7 nitrogen and oxygen atoms in total. The fraction of sp³-hybridized carbons (Fsp3) is 0.150. The molecule has 138 valence electrons. The molecule has 27 heavy (non-hydrogen) atoms. The molecule has 3 rings (SSSR count). The zero-order valence-corrected chi connectivity index (χ0v) is 15.1. The maximum Gasteiger partial charge on any atom is 0.308 e. The van der Waals surface area contributed by atoms with E-state index in [1.165, 1.54) is 13.1 Å². The number of carbonyl (C=O) groups excluding carboxylic acids is 2. The van der Waals surface area contributed by atoms with Crippen molar-refractivity contribution in [3.8, 4) is 17.2 Å². The number of methoxy groups -OCH3 is 2. The van der Waals surface area contributed by atoms with Crippen LogP contribution >= 0.6 is 0 Å². The number of hydrogen-bond donors (Lipinski definition) is 1. The number of nitrogens with one attached hydrogen (secondary N) is 1. The van der Waals surface area contributed by atoms with Gasteiger partial charge in [-0.05, 0) is 36.4 Å². The summed E-state index contributed by atoms with van der Waals surface area (Å²) < 4.78 is 15.6. The average Bonchev–Trinajstić information content (AvgIpc) is 2.67. The van der Waals surface area contributed by atoms with Gasteiger partial charge in [-0.3, -0.25) is 14.6 Å². The second-order valence-corrected chi connectivity index (χ2v) is 5.66. The summed E-state index contributed by atoms with van der Waals surface area (Å²) in [7, 11) is 3.11. The van der Waals surface area contributed by atoms with Crippen molar-refractivity contribution in [3.05, 3.63) is 54.2 Å². The molecule has 1 heterocycles. The molecule has 0 fully saturated rings. The Kier molecular flexibility index (Phi) is 5.21. The first-order chi connectivity index (χ1) is 13.0. The molecule has 0 aliphatic heterocycles. The van der Waals surface area contributed by atoms with Crippen molar-refractivity contribution in [2.24, 2.45) is 0 Å². The van der Waals surface area contributed by atoms with Gasteiger partial charge in [0.2, 0.25) is 0 Å². The number of carbonyl (C=O) groups is 2. The van der Waals surface area contributed by atoms with E-state index in [0.717, 1.165) is 0 Å². The minimum absolute atomic E-state index is 0.152. The van der Waals surface area contributed by atoms with E-state index in [2.05, 4.69) is 10.3 Å². The minimum atomic E-state index is -0.531. The number of ether oxygens (including phenoxy) is 3. The number of anilines is 1. The fourth-order valence-electron chi connectivity index (χ4n) is 2.56. The lowest BCUT2D eigenvalue weighted by atomic mass is 10.1. The van der Waals surface area contributed by atoms with Gasteiger partial charge < -0.3 is 19.5 Å². The van der Waals surface area contributed by atoms with Gasteiger partial charge in [0, 0.05) is 30.3 Å². The largest absolute Gasteiger partial charge is 0.497 e. The van der Waals surface area contributed by atoms with Gasteiger partial charge in [-0.1, -0.05) is 0 Å². The molecule has 3 aromatic rings. The Hall–Kier alpha value is -3.61. The van der Waals surface area contributed by atoms with E-state index in [0.29, 0.717) is 28.1 Å². The van der Waals surface area contributed by atoms with Crippen molar-refractivity contribution in [1.82, 2.24) is 4.98 Å².